The Labute approximate surface area is 108 Å². The second-order valence-electron chi connectivity index (χ2n) is 5.93. The average Bonchev–Trinajstić information content (AvgIpc) is 2.25. The maximum absolute atomic E-state index is 3.56. The number of nitrogens with zero attached hydrogens (tertiary/aromatic N) is 2. The smallest absolute Gasteiger partial charge is 0.0195 e. The predicted molar refractivity (Wildman–Crippen MR) is 75.5 cm³/mol. The van der Waals surface area contributed by atoms with Gasteiger partial charge in [0, 0.05) is 38.8 Å². The molecule has 0 aromatic heterocycles. The van der Waals surface area contributed by atoms with E-state index in [9.17, 15) is 0 Å². The second kappa shape index (κ2) is 8.06. The molecule has 0 spiro atoms. The Hall–Kier alpha value is -0.120. The molecule has 0 aromatic rings. The van der Waals surface area contributed by atoms with E-state index in [1.54, 1.807) is 0 Å². The fourth-order valence-electron chi connectivity index (χ4n) is 2.49. The highest BCUT2D eigenvalue weighted by Gasteiger charge is 2.20. The molecule has 1 saturated heterocycles. The van der Waals surface area contributed by atoms with Gasteiger partial charge in [0.25, 0.3) is 0 Å². The molecule has 0 aromatic carbocycles. The lowest BCUT2D eigenvalue weighted by Gasteiger charge is -2.38. The molecule has 1 aliphatic rings. The van der Waals surface area contributed by atoms with E-state index in [0.717, 1.165) is 12.5 Å². The van der Waals surface area contributed by atoms with Crippen LogP contribution in [0.4, 0.5) is 0 Å². The van der Waals surface area contributed by atoms with Gasteiger partial charge in [0.1, 0.15) is 0 Å². The standard InChI is InChI=1S/C14H31N3/c1-13(2)6-5-7-15-8-9-17-11-10-16(4)12-14(17)3/h13-15H,5-12H2,1-4H3. The predicted octanol–water partition coefficient (Wildman–Crippen LogP) is 1.65. The van der Waals surface area contributed by atoms with Gasteiger partial charge in [0.05, 0.1) is 0 Å². The van der Waals surface area contributed by atoms with Crippen molar-refractivity contribution in [2.45, 2.75) is 39.7 Å². The molecule has 0 saturated carbocycles. The summed E-state index contributed by atoms with van der Waals surface area (Å²) in [5, 5.41) is 3.56. The van der Waals surface area contributed by atoms with Gasteiger partial charge in [-0.25, -0.2) is 0 Å². The number of rotatable bonds is 7. The molecule has 1 rings (SSSR count). The normalized spacial score (nSPS) is 23.5. The van der Waals surface area contributed by atoms with Crippen LogP contribution in [0.1, 0.15) is 33.6 Å². The average molecular weight is 241 g/mol. The highest BCUT2D eigenvalue weighted by atomic mass is 15.3. The molecule has 3 heteroatoms. The van der Waals surface area contributed by atoms with Crippen LogP contribution >= 0.6 is 0 Å². The maximum Gasteiger partial charge on any atom is 0.0195 e. The summed E-state index contributed by atoms with van der Waals surface area (Å²) in [5.41, 5.74) is 0. The van der Waals surface area contributed by atoms with Crippen LogP contribution in [0.5, 0.6) is 0 Å². The zero-order valence-corrected chi connectivity index (χ0v) is 12.2. The molecular formula is C14H31N3. The van der Waals surface area contributed by atoms with E-state index in [2.05, 4.69) is 42.9 Å². The first-order chi connectivity index (χ1) is 8.09. The molecule has 102 valence electrons. The minimum atomic E-state index is 0.714. The van der Waals surface area contributed by atoms with E-state index in [-0.39, 0.29) is 0 Å². The summed E-state index contributed by atoms with van der Waals surface area (Å²) in [7, 11) is 2.22. The van der Waals surface area contributed by atoms with Crippen molar-refractivity contribution in [3.63, 3.8) is 0 Å². The second-order valence-corrected chi connectivity index (χ2v) is 5.93. The SMILES string of the molecule is CC(C)CCCNCCN1CCN(C)CC1C. The van der Waals surface area contributed by atoms with Crippen LogP contribution in [-0.4, -0.2) is 62.2 Å². The van der Waals surface area contributed by atoms with Gasteiger partial charge < -0.3 is 10.2 Å². The summed E-state index contributed by atoms with van der Waals surface area (Å²) in [4.78, 5) is 5.03. The van der Waals surface area contributed by atoms with Gasteiger partial charge in [-0.3, -0.25) is 4.90 Å². The van der Waals surface area contributed by atoms with Gasteiger partial charge in [-0.1, -0.05) is 13.8 Å². The maximum atomic E-state index is 3.56. The molecule has 0 bridgehead atoms. The first-order valence-electron chi connectivity index (χ1n) is 7.23. The van der Waals surface area contributed by atoms with Crippen LogP contribution in [0.15, 0.2) is 0 Å². The molecule has 0 amide bonds. The Kier molecular flexibility index (Phi) is 7.09. The van der Waals surface area contributed by atoms with Crippen molar-refractivity contribution in [2.75, 3.05) is 46.3 Å². The number of likely N-dealkylation sites (N-methyl/N-ethyl adjacent to an activating group) is 1. The third-order valence-corrected chi connectivity index (χ3v) is 3.68. The summed E-state index contributed by atoms with van der Waals surface area (Å²) in [6, 6.07) is 0.714. The summed E-state index contributed by atoms with van der Waals surface area (Å²) < 4.78 is 0. The lowest BCUT2D eigenvalue weighted by Crippen LogP contribution is -2.51. The Morgan fingerprint density at radius 2 is 2.00 bits per heavy atom. The van der Waals surface area contributed by atoms with Crippen molar-refractivity contribution in [1.82, 2.24) is 15.1 Å². The van der Waals surface area contributed by atoms with Gasteiger partial charge in [-0.15, -0.1) is 0 Å². The van der Waals surface area contributed by atoms with Crippen LogP contribution in [0, 0.1) is 5.92 Å². The van der Waals surface area contributed by atoms with Crippen LogP contribution in [0.25, 0.3) is 0 Å². The first-order valence-corrected chi connectivity index (χ1v) is 7.23. The first kappa shape index (κ1) is 14.9. The van der Waals surface area contributed by atoms with E-state index in [0.29, 0.717) is 6.04 Å². The molecule has 0 aliphatic carbocycles. The van der Waals surface area contributed by atoms with E-state index < -0.39 is 0 Å². The van der Waals surface area contributed by atoms with E-state index in [1.807, 2.05) is 0 Å². The Morgan fingerprint density at radius 1 is 1.24 bits per heavy atom. The zero-order chi connectivity index (χ0) is 12.7. The zero-order valence-electron chi connectivity index (χ0n) is 12.2. The van der Waals surface area contributed by atoms with Gasteiger partial charge in [0.15, 0.2) is 0 Å². The van der Waals surface area contributed by atoms with E-state index in [1.165, 1.54) is 45.6 Å². The molecule has 0 radical (unpaired) electrons. The summed E-state index contributed by atoms with van der Waals surface area (Å²) in [6.45, 7) is 14.1. The summed E-state index contributed by atoms with van der Waals surface area (Å²) in [5.74, 6) is 0.842. The van der Waals surface area contributed by atoms with E-state index in [4.69, 9.17) is 0 Å². The number of piperazine rings is 1. The monoisotopic (exact) mass is 241 g/mol. The van der Waals surface area contributed by atoms with Crippen molar-refractivity contribution < 1.29 is 0 Å². The Morgan fingerprint density at radius 3 is 2.65 bits per heavy atom. The molecule has 1 fully saturated rings. The summed E-state index contributed by atoms with van der Waals surface area (Å²) >= 11 is 0. The van der Waals surface area contributed by atoms with E-state index >= 15 is 0 Å². The third-order valence-electron chi connectivity index (χ3n) is 3.68. The molecule has 17 heavy (non-hydrogen) atoms. The largest absolute Gasteiger partial charge is 0.315 e. The molecule has 1 heterocycles. The fraction of sp³-hybridized carbons (Fsp3) is 1.00. The molecule has 1 aliphatic heterocycles. The molecule has 1 N–H and O–H groups in total. The minimum absolute atomic E-state index is 0.714. The Bertz CT molecular complexity index is 194. The number of nitrogens with one attached hydrogen (secondary N) is 1. The molecule has 1 unspecified atom stereocenters. The summed E-state index contributed by atoms with van der Waals surface area (Å²) in [6.07, 6.45) is 2.66. The number of hydrogen-bond acceptors (Lipinski definition) is 3. The van der Waals surface area contributed by atoms with Crippen molar-refractivity contribution in [1.29, 1.82) is 0 Å². The van der Waals surface area contributed by atoms with Crippen LogP contribution in [0.3, 0.4) is 0 Å². The quantitative estimate of drug-likeness (QED) is 0.684. The van der Waals surface area contributed by atoms with Crippen molar-refractivity contribution >= 4 is 0 Å². The van der Waals surface area contributed by atoms with Crippen LogP contribution in [0.2, 0.25) is 0 Å². The highest BCUT2D eigenvalue weighted by molar-refractivity contribution is 4.77. The lowest BCUT2D eigenvalue weighted by molar-refractivity contribution is 0.101. The fourth-order valence-corrected chi connectivity index (χ4v) is 2.49. The van der Waals surface area contributed by atoms with Crippen molar-refractivity contribution in [3.05, 3.63) is 0 Å². The van der Waals surface area contributed by atoms with Gasteiger partial charge in [-0.2, -0.15) is 0 Å². The minimum Gasteiger partial charge on any atom is -0.315 e. The van der Waals surface area contributed by atoms with Gasteiger partial charge in [0.2, 0.25) is 0 Å². The molecule has 3 nitrogen and oxygen atoms in total. The number of hydrogen-bond donors (Lipinski definition) is 1. The van der Waals surface area contributed by atoms with Crippen LogP contribution in [-0.2, 0) is 0 Å². The van der Waals surface area contributed by atoms with Crippen molar-refractivity contribution in [3.8, 4) is 0 Å². The highest BCUT2D eigenvalue weighted by Crippen LogP contribution is 2.06. The van der Waals surface area contributed by atoms with Crippen LogP contribution < -0.4 is 5.32 Å². The van der Waals surface area contributed by atoms with Crippen molar-refractivity contribution in [2.24, 2.45) is 5.92 Å². The topological polar surface area (TPSA) is 18.5 Å². The lowest BCUT2D eigenvalue weighted by atomic mass is 10.1. The Balaban J connectivity index is 1.99. The van der Waals surface area contributed by atoms with Gasteiger partial charge in [-0.05, 0) is 39.3 Å². The molecular weight excluding hydrogens is 210 g/mol. The molecule has 1 atom stereocenters. The van der Waals surface area contributed by atoms with Gasteiger partial charge >= 0.3 is 0 Å². The third kappa shape index (κ3) is 6.39.